The molecule has 1 unspecified atom stereocenters. The van der Waals surface area contributed by atoms with Gasteiger partial charge in [0.1, 0.15) is 11.5 Å². The van der Waals surface area contributed by atoms with Crippen LogP contribution in [0.25, 0.3) is 0 Å². The zero-order chi connectivity index (χ0) is 18.7. The fraction of sp³-hybridized carbons (Fsp3) is 0.278. The van der Waals surface area contributed by atoms with E-state index in [-0.39, 0.29) is 17.9 Å². The molecule has 136 valence electrons. The van der Waals surface area contributed by atoms with Crippen molar-refractivity contribution in [3.8, 4) is 0 Å². The Morgan fingerprint density at radius 1 is 1.38 bits per heavy atom. The largest absolute Gasteiger partial charge is 0.327 e. The van der Waals surface area contributed by atoms with E-state index in [0.717, 1.165) is 0 Å². The predicted molar refractivity (Wildman–Crippen MR) is 105 cm³/mol. The van der Waals surface area contributed by atoms with E-state index in [1.807, 2.05) is 11.5 Å². The van der Waals surface area contributed by atoms with Crippen molar-refractivity contribution in [1.29, 1.82) is 0 Å². The predicted octanol–water partition coefficient (Wildman–Crippen LogP) is 3.64. The van der Waals surface area contributed by atoms with Gasteiger partial charge in [0.15, 0.2) is 0 Å². The number of aromatic nitrogens is 2. The van der Waals surface area contributed by atoms with Gasteiger partial charge in [-0.1, -0.05) is 45.7 Å². The van der Waals surface area contributed by atoms with Gasteiger partial charge in [0, 0.05) is 18.4 Å². The summed E-state index contributed by atoms with van der Waals surface area (Å²) in [5, 5.41) is 3.91. The second kappa shape index (κ2) is 8.05. The van der Waals surface area contributed by atoms with Crippen molar-refractivity contribution in [3.05, 3.63) is 59.2 Å². The molecule has 1 aliphatic heterocycles. The van der Waals surface area contributed by atoms with E-state index in [9.17, 15) is 9.59 Å². The number of allylic oxidation sites excluding steroid dienone is 1. The van der Waals surface area contributed by atoms with Crippen LogP contribution in [0.2, 0.25) is 5.02 Å². The van der Waals surface area contributed by atoms with Gasteiger partial charge < -0.3 is 14.8 Å². The van der Waals surface area contributed by atoms with Gasteiger partial charge in [0.05, 0.1) is 22.9 Å². The highest BCUT2D eigenvalue weighted by Gasteiger charge is 2.30. The number of hydrogen-bond donors (Lipinski definition) is 1. The molecule has 1 aromatic carbocycles. The number of benzene rings is 1. The zero-order valence-electron chi connectivity index (χ0n) is 14.2. The van der Waals surface area contributed by atoms with E-state index in [0.29, 0.717) is 40.6 Å². The van der Waals surface area contributed by atoms with Crippen LogP contribution in [0.4, 0.5) is 5.69 Å². The minimum atomic E-state index is -0.275. The van der Waals surface area contributed by atoms with E-state index < -0.39 is 0 Å². The van der Waals surface area contributed by atoms with Gasteiger partial charge in [0.2, 0.25) is 5.91 Å². The van der Waals surface area contributed by atoms with Crippen LogP contribution in [0.1, 0.15) is 29.3 Å². The number of nitrogens with zero attached hydrogens (tertiary/aromatic N) is 3. The number of imidazole rings is 1. The number of carbonyl (C=O) groups is 2. The highest BCUT2D eigenvalue weighted by Crippen LogP contribution is 2.27. The summed E-state index contributed by atoms with van der Waals surface area (Å²) in [6, 6.07) is 6.86. The molecule has 0 saturated heterocycles. The number of nitrogens with one attached hydrogen (secondary N) is 1. The van der Waals surface area contributed by atoms with Crippen molar-refractivity contribution in [2.75, 3.05) is 17.2 Å². The van der Waals surface area contributed by atoms with Crippen molar-refractivity contribution >= 4 is 45.0 Å². The molecule has 0 fully saturated rings. The summed E-state index contributed by atoms with van der Waals surface area (Å²) >= 11 is 9.37. The lowest BCUT2D eigenvalue weighted by Gasteiger charge is -2.33. The Labute approximate surface area is 165 Å². The van der Waals surface area contributed by atoms with E-state index >= 15 is 0 Å². The number of hydrogen-bond acceptors (Lipinski definition) is 3. The first-order valence-corrected chi connectivity index (χ1v) is 9.67. The summed E-state index contributed by atoms with van der Waals surface area (Å²) in [4.78, 5) is 31.0. The topological polar surface area (TPSA) is 67.2 Å². The molecule has 1 aliphatic rings. The molecule has 1 N–H and O–H groups in total. The number of amides is 2. The van der Waals surface area contributed by atoms with Crippen LogP contribution < -0.4 is 5.32 Å². The van der Waals surface area contributed by atoms with Gasteiger partial charge in [-0.3, -0.25) is 9.59 Å². The Morgan fingerprint density at radius 2 is 2.15 bits per heavy atom. The highest BCUT2D eigenvalue weighted by atomic mass is 79.9. The molecule has 0 saturated carbocycles. The number of alkyl halides is 1. The van der Waals surface area contributed by atoms with Gasteiger partial charge in [-0.25, -0.2) is 4.98 Å². The smallest absolute Gasteiger partial charge is 0.273 e. The summed E-state index contributed by atoms with van der Waals surface area (Å²) in [5.41, 5.74) is 1.00. The SMILES string of the molecule is CC1c2ncc(C(=O)Nc3ccccc3Cl)n2CCN1C(=O)/C=C/CBr. The van der Waals surface area contributed by atoms with E-state index in [4.69, 9.17) is 11.6 Å². The molecule has 1 aromatic heterocycles. The number of para-hydroxylation sites is 1. The molecule has 0 spiro atoms. The Morgan fingerprint density at radius 3 is 2.88 bits per heavy atom. The third kappa shape index (κ3) is 3.68. The van der Waals surface area contributed by atoms with E-state index in [1.54, 1.807) is 47.5 Å². The number of halogens is 2. The lowest BCUT2D eigenvalue weighted by Crippen LogP contribution is -2.41. The summed E-state index contributed by atoms with van der Waals surface area (Å²) in [7, 11) is 0. The molecule has 6 nitrogen and oxygen atoms in total. The number of carbonyl (C=O) groups excluding carboxylic acids is 2. The molecule has 2 heterocycles. The molecule has 1 atom stereocenters. The Bertz CT molecular complexity index is 865. The van der Waals surface area contributed by atoms with Crippen LogP contribution >= 0.6 is 27.5 Å². The molecular weight excluding hydrogens is 420 g/mol. The van der Waals surface area contributed by atoms with Crippen molar-refractivity contribution in [3.63, 3.8) is 0 Å². The average Bonchev–Trinajstić information content (AvgIpc) is 3.07. The number of rotatable bonds is 4. The Hall–Kier alpha value is -2.12. The molecule has 0 bridgehead atoms. The fourth-order valence-electron chi connectivity index (χ4n) is 2.97. The second-order valence-corrected chi connectivity index (χ2v) is 6.91. The fourth-order valence-corrected chi connectivity index (χ4v) is 3.34. The van der Waals surface area contributed by atoms with Crippen LogP contribution in [0.3, 0.4) is 0 Å². The van der Waals surface area contributed by atoms with Gasteiger partial charge in [-0.15, -0.1) is 0 Å². The maximum atomic E-state index is 12.6. The van der Waals surface area contributed by atoms with Gasteiger partial charge in [-0.2, -0.15) is 0 Å². The molecule has 2 amide bonds. The quantitative estimate of drug-likeness (QED) is 0.586. The minimum Gasteiger partial charge on any atom is -0.327 e. The lowest BCUT2D eigenvalue weighted by atomic mass is 10.2. The Kier molecular flexibility index (Phi) is 5.78. The first-order valence-electron chi connectivity index (χ1n) is 8.17. The average molecular weight is 438 g/mol. The van der Waals surface area contributed by atoms with Crippen LogP contribution in [0, 0.1) is 0 Å². The highest BCUT2D eigenvalue weighted by molar-refractivity contribution is 9.09. The zero-order valence-corrected chi connectivity index (χ0v) is 16.5. The lowest BCUT2D eigenvalue weighted by molar-refractivity contribution is -0.129. The van der Waals surface area contributed by atoms with Crippen LogP contribution in [-0.4, -0.2) is 38.1 Å². The van der Waals surface area contributed by atoms with E-state index in [1.165, 1.54) is 0 Å². The summed E-state index contributed by atoms with van der Waals surface area (Å²) in [6.45, 7) is 2.94. The molecule has 26 heavy (non-hydrogen) atoms. The summed E-state index contributed by atoms with van der Waals surface area (Å²) in [5.74, 6) is 0.359. The molecule has 0 radical (unpaired) electrons. The van der Waals surface area contributed by atoms with Crippen molar-refractivity contribution in [2.24, 2.45) is 0 Å². The minimum absolute atomic E-state index is 0.0618. The standard InChI is InChI=1S/C18H18BrClN4O2/c1-12-17-21-11-15(18(26)22-14-6-3-2-5-13(14)20)24(17)10-9-23(12)16(25)7-4-8-19/h2-7,11-12H,8-10H2,1H3,(H,22,26)/b7-4+. The maximum Gasteiger partial charge on any atom is 0.273 e. The third-order valence-corrected chi connectivity index (χ3v) is 4.98. The Balaban J connectivity index is 1.80. The second-order valence-electron chi connectivity index (χ2n) is 5.85. The number of fused-ring (bicyclic) bond motifs is 1. The van der Waals surface area contributed by atoms with Gasteiger partial charge in [-0.05, 0) is 25.1 Å². The molecule has 2 aromatic rings. The number of anilines is 1. The van der Waals surface area contributed by atoms with Crippen molar-refractivity contribution in [2.45, 2.75) is 19.5 Å². The van der Waals surface area contributed by atoms with Crippen molar-refractivity contribution in [1.82, 2.24) is 14.5 Å². The van der Waals surface area contributed by atoms with Crippen LogP contribution in [0.15, 0.2) is 42.6 Å². The molecule has 3 rings (SSSR count). The van der Waals surface area contributed by atoms with Gasteiger partial charge in [0.25, 0.3) is 5.91 Å². The van der Waals surface area contributed by atoms with Crippen LogP contribution in [0.5, 0.6) is 0 Å². The first kappa shape index (κ1) is 18.7. The van der Waals surface area contributed by atoms with Gasteiger partial charge >= 0.3 is 0 Å². The molecule has 0 aliphatic carbocycles. The normalized spacial score (nSPS) is 16.6. The summed E-state index contributed by atoms with van der Waals surface area (Å²) in [6.07, 6.45) is 4.85. The third-order valence-electron chi connectivity index (χ3n) is 4.28. The first-order chi connectivity index (χ1) is 12.5. The molecular formula is C18H18BrClN4O2. The summed E-state index contributed by atoms with van der Waals surface area (Å²) < 4.78 is 1.86. The van der Waals surface area contributed by atoms with Crippen LogP contribution in [-0.2, 0) is 11.3 Å². The van der Waals surface area contributed by atoms with Crippen molar-refractivity contribution < 1.29 is 9.59 Å². The monoisotopic (exact) mass is 436 g/mol. The maximum absolute atomic E-state index is 12.6. The van der Waals surface area contributed by atoms with E-state index in [2.05, 4.69) is 26.2 Å². The molecule has 8 heteroatoms.